The van der Waals surface area contributed by atoms with E-state index in [1.807, 2.05) is 32.9 Å². The van der Waals surface area contributed by atoms with E-state index in [4.69, 9.17) is 16.3 Å². The predicted octanol–water partition coefficient (Wildman–Crippen LogP) is 5.55. The van der Waals surface area contributed by atoms with Crippen LogP contribution in [0, 0.1) is 13.8 Å². The normalized spacial score (nSPS) is 12.1. The molecule has 0 radical (unpaired) electrons. The van der Waals surface area contributed by atoms with E-state index < -0.39 is 16.1 Å². The summed E-state index contributed by atoms with van der Waals surface area (Å²) in [4.78, 5) is 12.7. The first kappa shape index (κ1) is 23.6. The van der Waals surface area contributed by atoms with Crippen molar-refractivity contribution < 1.29 is 17.9 Å². The van der Waals surface area contributed by atoms with Crippen LogP contribution >= 0.6 is 11.6 Å². The highest BCUT2D eigenvalue weighted by Gasteiger charge is 2.20. The molecule has 1 atom stereocenters. The number of amides is 1. The molecular formula is C24H25ClN2O4S. The van der Waals surface area contributed by atoms with Crippen LogP contribution < -0.4 is 14.8 Å². The molecule has 0 aliphatic heterocycles. The van der Waals surface area contributed by atoms with Crippen molar-refractivity contribution in [2.24, 2.45) is 0 Å². The summed E-state index contributed by atoms with van der Waals surface area (Å²) in [6.07, 6.45) is -0.271. The number of benzene rings is 3. The van der Waals surface area contributed by atoms with Crippen LogP contribution in [0.4, 0.5) is 11.4 Å². The molecule has 0 saturated carbocycles. The molecule has 0 heterocycles. The van der Waals surface area contributed by atoms with Crippen molar-refractivity contribution in [1.29, 1.82) is 0 Å². The molecule has 1 unspecified atom stereocenters. The lowest BCUT2D eigenvalue weighted by molar-refractivity contribution is -0.122. The standard InChI is InChI=1S/C24H25ClN2O4S/c1-4-23(31-20-7-5-6-18(25)15-20)24(28)26-19-10-12-21(13-11-19)32(29,30)27-22-14-16(2)8-9-17(22)3/h5-15,23,27H,4H2,1-3H3,(H,26,28). The second-order valence-corrected chi connectivity index (χ2v) is 9.53. The second kappa shape index (κ2) is 10.1. The Bertz CT molecular complexity index is 1210. The molecule has 0 aliphatic rings. The number of sulfonamides is 1. The van der Waals surface area contributed by atoms with E-state index in [-0.39, 0.29) is 10.8 Å². The number of carbonyl (C=O) groups is 1. The molecule has 0 spiro atoms. The van der Waals surface area contributed by atoms with Crippen LogP contribution in [0.3, 0.4) is 0 Å². The lowest BCUT2D eigenvalue weighted by Gasteiger charge is -2.17. The molecule has 3 aromatic rings. The van der Waals surface area contributed by atoms with E-state index in [2.05, 4.69) is 10.0 Å². The molecule has 0 aliphatic carbocycles. The number of ether oxygens (including phenoxy) is 1. The van der Waals surface area contributed by atoms with Crippen LogP contribution in [0.15, 0.2) is 71.6 Å². The Morgan fingerprint density at radius 1 is 1.03 bits per heavy atom. The minimum Gasteiger partial charge on any atom is -0.481 e. The lowest BCUT2D eigenvalue weighted by atomic mass is 10.1. The van der Waals surface area contributed by atoms with Gasteiger partial charge in [-0.05, 0) is 79.9 Å². The van der Waals surface area contributed by atoms with E-state index in [9.17, 15) is 13.2 Å². The maximum Gasteiger partial charge on any atom is 0.265 e. The Hall–Kier alpha value is -3.03. The number of nitrogens with one attached hydrogen (secondary N) is 2. The summed E-state index contributed by atoms with van der Waals surface area (Å²) in [5, 5.41) is 3.28. The molecule has 0 aromatic heterocycles. The van der Waals surface area contributed by atoms with Crippen molar-refractivity contribution in [3.05, 3.63) is 82.9 Å². The summed E-state index contributed by atoms with van der Waals surface area (Å²) in [7, 11) is -3.76. The van der Waals surface area contributed by atoms with Gasteiger partial charge in [0.25, 0.3) is 15.9 Å². The van der Waals surface area contributed by atoms with Crippen molar-refractivity contribution in [2.45, 2.75) is 38.2 Å². The molecule has 6 nitrogen and oxygen atoms in total. The van der Waals surface area contributed by atoms with Crippen molar-refractivity contribution in [3.8, 4) is 5.75 Å². The molecule has 0 bridgehead atoms. The molecule has 168 valence electrons. The van der Waals surface area contributed by atoms with Crippen molar-refractivity contribution in [2.75, 3.05) is 10.0 Å². The maximum atomic E-state index is 12.8. The Labute approximate surface area is 193 Å². The Balaban J connectivity index is 1.69. The van der Waals surface area contributed by atoms with Gasteiger partial charge >= 0.3 is 0 Å². The molecule has 0 fully saturated rings. The van der Waals surface area contributed by atoms with Gasteiger partial charge in [0.2, 0.25) is 0 Å². The fourth-order valence-corrected chi connectivity index (χ4v) is 4.32. The molecular weight excluding hydrogens is 448 g/mol. The number of anilines is 2. The second-order valence-electron chi connectivity index (χ2n) is 7.41. The summed E-state index contributed by atoms with van der Waals surface area (Å²) in [5.41, 5.74) is 2.78. The van der Waals surface area contributed by atoms with Gasteiger partial charge in [0, 0.05) is 10.7 Å². The van der Waals surface area contributed by atoms with Crippen LogP contribution in [0.5, 0.6) is 5.75 Å². The van der Waals surface area contributed by atoms with Gasteiger partial charge in [-0.15, -0.1) is 0 Å². The van der Waals surface area contributed by atoms with Crippen LogP contribution in [0.2, 0.25) is 5.02 Å². The van der Waals surface area contributed by atoms with Gasteiger partial charge in [-0.1, -0.05) is 36.7 Å². The van der Waals surface area contributed by atoms with E-state index in [0.717, 1.165) is 11.1 Å². The molecule has 3 rings (SSSR count). The number of carbonyl (C=O) groups excluding carboxylic acids is 1. The Morgan fingerprint density at radius 3 is 2.41 bits per heavy atom. The molecule has 0 saturated heterocycles. The number of hydrogen-bond acceptors (Lipinski definition) is 4. The lowest BCUT2D eigenvalue weighted by Crippen LogP contribution is -2.32. The fourth-order valence-electron chi connectivity index (χ4n) is 3.02. The summed E-state index contributed by atoms with van der Waals surface area (Å²) in [6.45, 7) is 5.57. The minimum absolute atomic E-state index is 0.0959. The van der Waals surface area contributed by atoms with Crippen LogP contribution in [-0.4, -0.2) is 20.4 Å². The minimum atomic E-state index is -3.76. The highest BCUT2D eigenvalue weighted by Crippen LogP contribution is 2.23. The Kier molecular flexibility index (Phi) is 7.43. The molecule has 8 heteroatoms. The fraction of sp³-hybridized carbons (Fsp3) is 0.208. The average molecular weight is 473 g/mol. The maximum absolute atomic E-state index is 12.8. The molecule has 2 N–H and O–H groups in total. The molecule has 1 amide bonds. The quantitative estimate of drug-likeness (QED) is 0.450. The highest BCUT2D eigenvalue weighted by atomic mass is 35.5. The average Bonchev–Trinajstić information content (AvgIpc) is 2.75. The van der Waals surface area contributed by atoms with E-state index in [0.29, 0.717) is 28.6 Å². The summed E-state index contributed by atoms with van der Waals surface area (Å²) < 4.78 is 33.9. The monoisotopic (exact) mass is 472 g/mol. The first-order valence-electron chi connectivity index (χ1n) is 10.1. The van der Waals surface area contributed by atoms with Gasteiger partial charge in [0.05, 0.1) is 10.6 Å². The zero-order valence-corrected chi connectivity index (χ0v) is 19.6. The Morgan fingerprint density at radius 2 is 1.75 bits per heavy atom. The smallest absolute Gasteiger partial charge is 0.265 e. The molecule has 3 aromatic carbocycles. The van der Waals surface area contributed by atoms with Crippen molar-refractivity contribution in [3.63, 3.8) is 0 Å². The van der Waals surface area contributed by atoms with Gasteiger partial charge in [-0.25, -0.2) is 8.42 Å². The third-order valence-corrected chi connectivity index (χ3v) is 6.42. The van der Waals surface area contributed by atoms with E-state index in [1.54, 1.807) is 42.5 Å². The van der Waals surface area contributed by atoms with Crippen LogP contribution in [0.1, 0.15) is 24.5 Å². The van der Waals surface area contributed by atoms with Gasteiger partial charge in [0.15, 0.2) is 6.10 Å². The number of hydrogen-bond donors (Lipinski definition) is 2. The number of halogens is 1. The van der Waals surface area contributed by atoms with Crippen LogP contribution in [0.25, 0.3) is 0 Å². The summed E-state index contributed by atoms with van der Waals surface area (Å²) >= 11 is 5.96. The molecule has 32 heavy (non-hydrogen) atoms. The highest BCUT2D eigenvalue weighted by molar-refractivity contribution is 7.92. The van der Waals surface area contributed by atoms with E-state index in [1.165, 1.54) is 12.1 Å². The first-order chi connectivity index (χ1) is 15.2. The van der Waals surface area contributed by atoms with Gasteiger partial charge < -0.3 is 10.1 Å². The third kappa shape index (κ3) is 6.02. The third-order valence-electron chi connectivity index (χ3n) is 4.81. The number of rotatable bonds is 8. The summed E-state index contributed by atoms with van der Waals surface area (Å²) in [6, 6.07) is 18.4. The zero-order chi connectivity index (χ0) is 23.3. The van der Waals surface area contributed by atoms with Crippen LogP contribution in [-0.2, 0) is 14.8 Å². The van der Waals surface area contributed by atoms with E-state index >= 15 is 0 Å². The van der Waals surface area contributed by atoms with Gasteiger partial charge in [-0.2, -0.15) is 0 Å². The zero-order valence-electron chi connectivity index (χ0n) is 18.1. The van der Waals surface area contributed by atoms with Crippen molar-refractivity contribution >= 4 is 38.9 Å². The largest absolute Gasteiger partial charge is 0.481 e. The first-order valence-corrected chi connectivity index (χ1v) is 12.0. The number of aryl methyl sites for hydroxylation is 2. The SMILES string of the molecule is CCC(Oc1cccc(Cl)c1)C(=O)Nc1ccc(S(=O)(=O)Nc2cc(C)ccc2C)cc1. The summed E-state index contributed by atoms with van der Waals surface area (Å²) in [5.74, 6) is 0.162. The van der Waals surface area contributed by atoms with Gasteiger partial charge in [0.1, 0.15) is 5.75 Å². The van der Waals surface area contributed by atoms with Gasteiger partial charge in [-0.3, -0.25) is 9.52 Å². The van der Waals surface area contributed by atoms with Crippen molar-refractivity contribution in [1.82, 2.24) is 0 Å². The predicted molar refractivity (Wildman–Crippen MR) is 128 cm³/mol. The topological polar surface area (TPSA) is 84.5 Å².